The zero-order chi connectivity index (χ0) is 15.2. The summed E-state index contributed by atoms with van der Waals surface area (Å²) in [6.07, 6.45) is 4.08. The fourth-order valence-electron chi connectivity index (χ4n) is 2.34. The van der Waals surface area contributed by atoms with Gasteiger partial charge in [-0.3, -0.25) is 0 Å². The second kappa shape index (κ2) is 5.50. The van der Waals surface area contributed by atoms with E-state index in [2.05, 4.69) is 0 Å². The molecule has 0 unspecified atom stereocenters. The van der Waals surface area contributed by atoms with Crippen LogP contribution in [0.25, 0.3) is 0 Å². The second-order valence-corrected chi connectivity index (χ2v) is 8.46. The lowest BCUT2D eigenvalue weighted by atomic mass is 10.2. The van der Waals surface area contributed by atoms with Gasteiger partial charge in [0.05, 0.1) is 5.02 Å². The predicted molar refractivity (Wildman–Crippen MR) is 87.0 cm³/mol. The third-order valence-corrected chi connectivity index (χ3v) is 6.53. The van der Waals surface area contributed by atoms with Crippen molar-refractivity contribution in [3.63, 3.8) is 0 Å². The molecule has 2 N–H and O–H groups in total. The van der Waals surface area contributed by atoms with Crippen LogP contribution in [-0.4, -0.2) is 30.3 Å². The molecule has 0 heterocycles. The predicted octanol–water partition coefficient (Wildman–Crippen LogP) is 2.54. The smallest absolute Gasteiger partial charge is 0.244 e. The molecule has 1 aromatic carbocycles. The van der Waals surface area contributed by atoms with Crippen molar-refractivity contribution in [2.45, 2.75) is 36.6 Å². The van der Waals surface area contributed by atoms with E-state index >= 15 is 0 Å². The van der Waals surface area contributed by atoms with Crippen molar-refractivity contribution in [1.29, 1.82) is 0 Å². The number of benzene rings is 1. The standard InChI is InChI=1S/C14H17ClN2O2S2/c15-12-6-3-10(14(16)20)7-13(12)21(18,19)17(11-4-5-11)8-9-1-2-9/h3,6-7,9,11H,1-2,4-5,8H2,(H2,16,20). The Kier molecular flexibility index (Phi) is 3.98. The Morgan fingerprint density at radius 2 is 2.00 bits per heavy atom. The molecular formula is C14H17ClN2O2S2. The van der Waals surface area contributed by atoms with Crippen molar-refractivity contribution in [2.24, 2.45) is 11.7 Å². The Morgan fingerprint density at radius 3 is 2.52 bits per heavy atom. The lowest BCUT2D eigenvalue weighted by Crippen LogP contribution is -2.35. The maximum atomic E-state index is 12.9. The van der Waals surface area contributed by atoms with Gasteiger partial charge in [-0.15, -0.1) is 0 Å². The number of nitrogens with two attached hydrogens (primary N) is 1. The van der Waals surface area contributed by atoms with Crippen LogP contribution >= 0.6 is 23.8 Å². The molecule has 0 spiro atoms. The van der Waals surface area contributed by atoms with Crippen molar-refractivity contribution >= 4 is 38.8 Å². The zero-order valence-electron chi connectivity index (χ0n) is 11.5. The number of rotatable bonds is 6. The first-order valence-electron chi connectivity index (χ1n) is 7.01. The van der Waals surface area contributed by atoms with Crippen LogP contribution in [0.2, 0.25) is 5.02 Å². The highest BCUT2D eigenvalue weighted by Gasteiger charge is 2.41. The van der Waals surface area contributed by atoms with Gasteiger partial charge in [0.15, 0.2) is 0 Å². The van der Waals surface area contributed by atoms with Crippen LogP contribution in [0.4, 0.5) is 0 Å². The van der Waals surface area contributed by atoms with Crippen molar-refractivity contribution in [3.05, 3.63) is 28.8 Å². The summed E-state index contributed by atoms with van der Waals surface area (Å²) in [7, 11) is -3.59. The maximum absolute atomic E-state index is 12.9. The molecule has 21 heavy (non-hydrogen) atoms. The molecule has 3 rings (SSSR count). The molecule has 0 aromatic heterocycles. The minimum Gasteiger partial charge on any atom is -0.389 e. The number of nitrogens with zero attached hydrogens (tertiary/aromatic N) is 1. The van der Waals surface area contributed by atoms with Crippen LogP contribution in [0.3, 0.4) is 0 Å². The van der Waals surface area contributed by atoms with E-state index in [0.717, 1.165) is 25.7 Å². The van der Waals surface area contributed by atoms with E-state index in [1.54, 1.807) is 16.4 Å². The van der Waals surface area contributed by atoms with Crippen LogP contribution < -0.4 is 5.73 Å². The van der Waals surface area contributed by atoms with Crippen LogP contribution in [0, 0.1) is 5.92 Å². The van der Waals surface area contributed by atoms with E-state index in [0.29, 0.717) is 18.0 Å². The van der Waals surface area contributed by atoms with Gasteiger partial charge in [-0.2, -0.15) is 4.31 Å². The van der Waals surface area contributed by atoms with Crippen molar-refractivity contribution in [3.8, 4) is 0 Å². The summed E-state index contributed by atoms with van der Waals surface area (Å²) in [6.45, 7) is 0.598. The van der Waals surface area contributed by atoms with E-state index in [9.17, 15) is 8.42 Å². The average Bonchev–Trinajstić information content (AvgIpc) is 3.28. The summed E-state index contributed by atoms with van der Waals surface area (Å²) in [4.78, 5) is 0.283. The second-order valence-electron chi connectivity index (χ2n) is 5.76. The largest absolute Gasteiger partial charge is 0.389 e. The quantitative estimate of drug-likeness (QED) is 0.805. The van der Waals surface area contributed by atoms with Gasteiger partial charge >= 0.3 is 0 Å². The molecule has 2 saturated carbocycles. The van der Waals surface area contributed by atoms with Crippen molar-refractivity contribution in [2.75, 3.05) is 6.54 Å². The molecule has 0 aliphatic heterocycles. The first-order valence-corrected chi connectivity index (χ1v) is 9.23. The molecule has 114 valence electrons. The van der Waals surface area contributed by atoms with E-state index in [-0.39, 0.29) is 20.9 Å². The summed E-state index contributed by atoms with van der Waals surface area (Å²) in [5.74, 6) is 0.498. The molecule has 0 radical (unpaired) electrons. The van der Waals surface area contributed by atoms with Crippen LogP contribution in [0.1, 0.15) is 31.2 Å². The Balaban J connectivity index is 1.99. The van der Waals surface area contributed by atoms with Gasteiger partial charge in [0.1, 0.15) is 9.88 Å². The monoisotopic (exact) mass is 344 g/mol. The topological polar surface area (TPSA) is 63.4 Å². The average molecular weight is 345 g/mol. The lowest BCUT2D eigenvalue weighted by Gasteiger charge is -2.22. The molecule has 2 fully saturated rings. The third kappa shape index (κ3) is 3.23. The fraction of sp³-hybridized carbons (Fsp3) is 0.500. The summed E-state index contributed by atoms with van der Waals surface area (Å²) >= 11 is 11.0. The van der Waals surface area contributed by atoms with Crippen LogP contribution in [0.5, 0.6) is 0 Å². The third-order valence-electron chi connectivity index (χ3n) is 3.89. The summed E-state index contributed by atoms with van der Waals surface area (Å²) < 4.78 is 27.5. The van der Waals surface area contributed by atoms with Crippen LogP contribution in [-0.2, 0) is 10.0 Å². The maximum Gasteiger partial charge on any atom is 0.244 e. The Labute approximate surface area is 135 Å². The van der Waals surface area contributed by atoms with E-state index in [1.165, 1.54) is 6.07 Å². The molecule has 4 nitrogen and oxygen atoms in total. The van der Waals surface area contributed by atoms with E-state index in [4.69, 9.17) is 29.6 Å². The number of hydrogen-bond acceptors (Lipinski definition) is 3. The molecule has 2 aliphatic carbocycles. The molecule has 1 aromatic rings. The minimum atomic E-state index is -3.59. The lowest BCUT2D eigenvalue weighted by molar-refractivity contribution is 0.389. The molecule has 0 amide bonds. The van der Waals surface area contributed by atoms with E-state index in [1.807, 2.05) is 0 Å². The van der Waals surface area contributed by atoms with E-state index < -0.39 is 10.0 Å². The fourth-order valence-corrected chi connectivity index (χ4v) is 4.73. The first kappa shape index (κ1) is 15.2. The SMILES string of the molecule is NC(=S)c1ccc(Cl)c(S(=O)(=O)N(CC2CC2)C2CC2)c1. The highest BCUT2D eigenvalue weighted by atomic mass is 35.5. The van der Waals surface area contributed by atoms with Gasteiger partial charge in [-0.25, -0.2) is 8.42 Å². The number of thiocarbonyl (C=S) groups is 1. The number of halogens is 1. The molecule has 7 heteroatoms. The number of hydrogen-bond donors (Lipinski definition) is 1. The first-order chi connectivity index (χ1) is 9.89. The Morgan fingerprint density at radius 1 is 1.33 bits per heavy atom. The van der Waals surface area contributed by atoms with Gasteiger partial charge in [0.2, 0.25) is 10.0 Å². The van der Waals surface area contributed by atoms with Gasteiger partial charge in [-0.05, 0) is 43.7 Å². The van der Waals surface area contributed by atoms with Gasteiger partial charge < -0.3 is 5.73 Å². The summed E-state index contributed by atoms with van der Waals surface area (Å²) in [5, 5.41) is 0.219. The summed E-state index contributed by atoms with van der Waals surface area (Å²) in [6, 6.07) is 4.81. The molecule has 0 atom stereocenters. The molecule has 2 aliphatic rings. The van der Waals surface area contributed by atoms with Gasteiger partial charge in [0, 0.05) is 18.2 Å². The molecule has 0 bridgehead atoms. The van der Waals surface area contributed by atoms with Gasteiger partial charge in [-0.1, -0.05) is 29.9 Å². The van der Waals surface area contributed by atoms with Crippen molar-refractivity contribution in [1.82, 2.24) is 4.31 Å². The Hall–Kier alpha value is -0.690. The van der Waals surface area contributed by atoms with Crippen molar-refractivity contribution < 1.29 is 8.42 Å². The number of sulfonamides is 1. The zero-order valence-corrected chi connectivity index (χ0v) is 13.8. The van der Waals surface area contributed by atoms with Crippen LogP contribution in [0.15, 0.2) is 23.1 Å². The highest BCUT2D eigenvalue weighted by molar-refractivity contribution is 7.89. The molecular weight excluding hydrogens is 328 g/mol. The van der Waals surface area contributed by atoms with Gasteiger partial charge in [0.25, 0.3) is 0 Å². The minimum absolute atomic E-state index is 0.113. The summed E-state index contributed by atoms with van der Waals surface area (Å²) in [5.41, 5.74) is 6.12. The normalized spacial score (nSPS) is 19.0. The highest BCUT2D eigenvalue weighted by Crippen LogP contribution is 2.39. The molecule has 0 saturated heterocycles. The Bertz CT molecular complexity index is 682.